The van der Waals surface area contributed by atoms with Crippen molar-refractivity contribution < 1.29 is 22.7 Å². The first-order chi connectivity index (χ1) is 19.7. The number of aromatic nitrogens is 3. The molecule has 1 amide bonds. The van der Waals surface area contributed by atoms with Crippen LogP contribution in [0.25, 0.3) is 21.8 Å². The summed E-state index contributed by atoms with van der Waals surface area (Å²) in [5.41, 5.74) is 7.64. The number of carbonyl (C=O) groups is 1. The van der Waals surface area contributed by atoms with Crippen LogP contribution in [0, 0.1) is 0 Å². The molecule has 11 nitrogen and oxygen atoms in total. The van der Waals surface area contributed by atoms with Gasteiger partial charge in [0.15, 0.2) is 11.5 Å². The minimum absolute atomic E-state index is 0.107. The Hall–Kier alpha value is -4.49. The van der Waals surface area contributed by atoms with E-state index < -0.39 is 22.0 Å². The summed E-state index contributed by atoms with van der Waals surface area (Å²) in [6, 6.07) is 15.6. The molecule has 1 atom stereocenters. The van der Waals surface area contributed by atoms with Gasteiger partial charge in [-0.3, -0.25) is 4.79 Å². The van der Waals surface area contributed by atoms with E-state index in [2.05, 4.69) is 23.8 Å². The van der Waals surface area contributed by atoms with Crippen LogP contribution in [0.15, 0.2) is 71.8 Å². The SMILES string of the molecule is CCOc1cc(C(Nc2ccc3c(N)nccc3c2)C(=O)NS(=O)(=O)c2cccc3nsnc23)ccc1OC(C)C. The molecule has 1 unspecified atom stereocenters. The van der Waals surface area contributed by atoms with E-state index in [0.29, 0.717) is 40.7 Å². The van der Waals surface area contributed by atoms with Gasteiger partial charge in [0.2, 0.25) is 0 Å². The highest BCUT2D eigenvalue weighted by Gasteiger charge is 2.29. The molecule has 13 heteroatoms. The maximum atomic E-state index is 13.8. The molecule has 0 spiro atoms. The van der Waals surface area contributed by atoms with E-state index in [4.69, 9.17) is 15.2 Å². The van der Waals surface area contributed by atoms with Crippen LogP contribution in [0.5, 0.6) is 11.5 Å². The average molecular weight is 593 g/mol. The zero-order chi connectivity index (χ0) is 29.1. The Morgan fingerprint density at radius 1 is 1.05 bits per heavy atom. The molecule has 2 aromatic heterocycles. The van der Waals surface area contributed by atoms with E-state index >= 15 is 0 Å². The summed E-state index contributed by atoms with van der Waals surface area (Å²) in [6.45, 7) is 5.99. The smallest absolute Gasteiger partial charge is 0.266 e. The van der Waals surface area contributed by atoms with Crippen molar-refractivity contribution in [3.05, 3.63) is 72.4 Å². The number of sulfonamides is 1. The quantitative estimate of drug-likeness (QED) is 0.208. The largest absolute Gasteiger partial charge is 0.490 e. The fraction of sp³-hybridized carbons (Fsp3) is 0.214. The Morgan fingerprint density at radius 3 is 2.66 bits per heavy atom. The zero-order valence-electron chi connectivity index (χ0n) is 22.5. The number of nitrogens with two attached hydrogens (primary N) is 1. The highest BCUT2D eigenvalue weighted by molar-refractivity contribution is 7.90. The van der Waals surface area contributed by atoms with Gasteiger partial charge in [0.1, 0.15) is 27.8 Å². The third-order valence-electron chi connectivity index (χ3n) is 6.11. The lowest BCUT2D eigenvalue weighted by molar-refractivity contribution is -0.120. The summed E-state index contributed by atoms with van der Waals surface area (Å²) in [5, 5.41) is 4.73. The van der Waals surface area contributed by atoms with Gasteiger partial charge in [-0.25, -0.2) is 18.1 Å². The van der Waals surface area contributed by atoms with Crippen LogP contribution in [-0.2, 0) is 14.8 Å². The number of pyridine rings is 1. The van der Waals surface area contributed by atoms with Crippen molar-refractivity contribution in [3.63, 3.8) is 0 Å². The van der Waals surface area contributed by atoms with Gasteiger partial charge in [0, 0.05) is 17.3 Å². The first-order valence-electron chi connectivity index (χ1n) is 12.8. The molecule has 0 aliphatic heterocycles. The number of nitrogen functional groups attached to an aromatic ring is 1. The Labute approximate surface area is 241 Å². The van der Waals surface area contributed by atoms with Gasteiger partial charge in [-0.15, -0.1) is 0 Å². The molecule has 0 aliphatic rings. The first-order valence-corrected chi connectivity index (χ1v) is 15.0. The number of nitrogens with one attached hydrogen (secondary N) is 2. The Kier molecular flexibility index (Phi) is 7.90. The number of fused-ring (bicyclic) bond motifs is 2. The van der Waals surface area contributed by atoms with Crippen LogP contribution in [-0.4, -0.2) is 40.8 Å². The summed E-state index contributed by atoms with van der Waals surface area (Å²) in [7, 11) is -4.30. The summed E-state index contributed by atoms with van der Waals surface area (Å²) >= 11 is 0.892. The molecule has 3 aromatic carbocycles. The Morgan fingerprint density at radius 2 is 1.88 bits per heavy atom. The van der Waals surface area contributed by atoms with E-state index in [1.807, 2.05) is 26.8 Å². The Bertz CT molecular complexity index is 1840. The molecule has 0 saturated carbocycles. The second-order valence-electron chi connectivity index (χ2n) is 9.37. The molecular weight excluding hydrogens is 564 g/mol. The molecule has 0 aliphatic carbocycles. The monoisotopic (exact) mass is 592 g/mol. The van der Waals surface area contributed by atoms with Crippen molar-refractivity contribution in [2.45, 2.75) is 37.8 Å². The van der Waals surface area contributed by atoms with E-state index in [1.165, 1.54) is 6.07 Å². The number of ether oxygens (including phenoxy) is 2. The van der Waals surface area contributed by atoms with E-state index in [9.17, 15) is 13.2 Å². The van der Waals surface area contributed by atoms with Crippen LogP contribution < -0.4 is 25.2 Å². The second kappa shape index (κ2) is 11.6. The predicted octanol–water partition coefficient (Wildman–Crippen LogP) is 4.67. The lowest BCUT2D eigenvalue weighted by atomic mass is 10.0. The molecule has 2 heterocycles. The van der Waals surface area contributed by atoms with E-state index in [1.54, 1.807) is 54.7 Å². The average Bonchev–Trinajstić information content (AvgIpc) is 3.41. The summed E-state index contributed by atoms with van der Waals surface area (Å²) < 4.78 is 48.9. The number of amides is 1. The molecule has 5 rings (SSSR count). The van der Waals surface area contributed by atoms with Crippen molar-refractivity contribution in [1.82, 2.24) is 18.5 Å². The Balaban J connectivity index is 1.55. The molecule has 212 valence electrons. The number of anilines is 2. The van der Waals surface area contributed by atoms with Crippen molar-refractivity contribution in [1.29, 1.82) is 0 Å². The molecule has 0 radical (unpaired) electrons. The van der Waals surface area contributed by atoms with Gasteiger partial charge in [-0.1, -0.05) is 12.1 Å². The number of hydrogen-bond donors (Lipinski definition) is 3. The van der Waals surface area contributed by atoms with Gasteiger partial charge in [0.25, 0.3) is 15.9 Å². The van der Waals surface area contributed by atoms with E-state index in [-0.39, 0.29) is 16.5 Å². The minimum atomic E-state index is -4.30. The standard InChI is InChI=1S/C28H28N6O5S2/c1-4-38-23-15-18(8-11-22(23)39-16(2)3)25(31-19-9-10-20-17(14-19)12-13-30-27(20)29)28(35)34-41(36,37)24-7-5-6-21-26(24)33-40-32-21/h5-16,25,31H,4H2,1-3H3,(H2,29,30)(H,34,35). The molecule has 41 heavy (non-hydrogen) atoms. The first kappa shape index (κ1) is 28.1. The highest BCUT2D eigenvalue weighted by atomic mass is 32.2. The van der Waals surface area contributed by atoms with Gasteiger partial charge < -0.3 is 20.5 Å². The van der Waals surface area contributed by atoms with Crippen LogP contribution >= 0.6 is 11.7 Å². The molecule has 0 saturated heterocycles. The van der Waals surface area contributed by atoms with Gasteiger partial charge >= 0.3 is 0 Å². The van der Waals surface area contributed by atoms with Crippen LogP contribution in [0.2, 0.25) is 0 Å². The van der Waals surface area contributed by atoms with Crippen molar-refractivity contribution >= 4 is 61.0 Å². The van der Waals surface area contributed by atoms with Crippen molar-refractivity contribution in [2.75, 3.05) is 17.7 Å². The summed E-state index contributed by atoms with van der Waals surface area (Å²) in [6.07, 6.45) is 1.48. The third kappa shape index (κ3) is 6.00. The van der Waals surface area contributed by atoms with Crippen LogP contribution in [0.4, 0.5) is 11.5 Å². The van der Waals surface area contributed by atoms with Gasteiger partial charge in [-0.2, -0.15) is 8.75 Å². The number of hydrogen-bond acceptors (Lipinski definition) is 11. The summed E-state index contributed by atoms with van der Waals surface area (Å²) in [4.78, 5) is 17.7. The number of benzene rings is 3. The molecule has 0 bridgehead atoms. The molecular formula is C28H28N6O5S2. The maximum absolute atomic E-state index is 13.8. The molecule has 4 N–H and O–H groups in total. The zero-order valence-corrected chi connectivity index (χ0v) is 24.1. The van der Waals surface area contributed by atoms with Crippen molar-refractivity contribution in [3.8, 4) is 11.5 Å². The van der Waals surface area contributed by atoms with Gasteiger partial charge in [-0.05, 0) is 80.3 Å². The maximum Gasteiger partial charge on any atom is 0.266 e. The summed E-state index contributed by atoms with van der Waals surface area (Å²) in [5.74, 6) is 0.507. The lowest BCUT2D eigenvalue weighted by Gasteiger charge is -2.22. The topological polar surface area (TPSA) is 158 Å². The number of carbonyl (C=O) groups excluding carboxylic acids is 1. The fourth-order valence-corrected chi connectivity index (χ4v) is 6.09. The number of nitrogens with zero attached hydrogens (tertiary/aromatic N) is 3. The lowest BCUT2D eigenvalue weighted by Crippen LogP contribution is -2.37. The second-order valence-corrected chi connectivity index (χ2v) is 11.6. The normalized spacial score (nSPS) is 12.4. The minimum Gasteiger partial charge on any atom is -0.490 e. The third-order valence-corrected chi connectivity index (χ3v) is 8.03. The van der Waals surface area contributed by atoms with Crippen molar-refractivity contribution in [2.24, 2.45) is 0 Å². The highest BCUT2D eigenvalue weighted by Crippen LogP contribution is 2.34. The van der Waals surface area contributed by atoms with Crippen LogP contribution in [0.3, 0.4) is 0 Å². The molecule has 5 aromatic rings. The number of rotatable bonds is 10. The fourth-order valence-electron chi connectivity index (χ4n) is 4.33. The molecule has 0 fully saturated rings. The van der Waals surface area contributed by atoms with Gasteiger partial charge in [0.05, 0.1) is 24.4 Å². The van der Waals surface area contributed by atoms with Crippen LogP contribution in [0.1, 0.15) is 32.4 Å². The predicted molar refractivity (Wildman–Crippen MR) is 159 cm³/mol. The van der Waals surface area contributed by atoms with E-state index in [0.717, 1.165) is 22.5 Å².